The van der Waals surface area contributed by atoms with Crippen LogP contribution in [0, 0.1) is 5.82 Å². The number of hydrogen-bond donors (Lipinski definition) is 2. The molecule has 0 bridgehead atoms. The molecule has 0 saturated heterocycles. The lowest BCUT2D eigenvalue weighted by Crippen LogP contribution is -2.16. The summed E-state index contributed by atoms with van der Waals surface area (Å²) in [4.78, 5) is 11.1. The maximum absolute atomic E-state index is 12.7. The minimum Gasteiger partial charge on any atom is -0.449 e. The molecule has 1 rings (SSSR count). The molecule has 0 unspecified atom stereocenters. The smallest absolute Gasteiger partial charge is 0.411 e. The van der Waals surface area contributed by atoms with Gasteiger partial charge in [-0.25, -0.2) is 9.18 Å². The Hall–Kier alpha value is -1.62. The van der Waals surface area contributed by atoms with Crippen molar-refractivity contribution in [2.24, 2.45) is 5.73 Å². The Balaban J connectivity index is 2.37. The summed E-state index contributed by atoms with van der Waals surface area (Å²) < 4.78 is 17.5. The van der Waals surface area contributed by atoms with Gasteiger partial charge < -0.3 is 10.5 Å². The van der Waals surface area contributed by atoms with Crippen LogP contribution >= 0.6 is 0 Å². The standard InChI is InChI=1S/C10H13FN2O2/c11-8-3-1-4-9(7-8)13-10(14)15-6-2-5-12/h1,3-4,7H,2,5-6,12H2,(H,13,14). The van der Waals surface area contributed by atoms with Crippen LogP contribution in [0.4, 0.5) is 14.9 Å². The van der Waals surface area contributed by atoms with E-state index < -0.39 is 11.9 Å². The minimum absolute atomic E-state index is 0.262. The molecule has 4 nitrogen and oxygen atoms in total. The maximum Gasteiger partial charge on any atom is 0.411 e. The number of nitrogens with two attached hydrogens (primary N) is 1. The first-order chi connectivity index (χ1) is 7.22. The Labute approximate surface area is 87.2 Å². The molecule has 0 radical (unpaired) electrons. The molecule has 0 fully saturated rings. The molecule has 82 valence electrons. The van der Waals surface area contributed by atoms with Gasteiger partial charge in [0.1, 0.15) is 5.82 Å². The highest BCUT2D eigenvalue weighted by Crippen LogP contribution is 2.09. The number of carbonyl (C=O) groups is 1. The minimum atomic E-state index is -0.603. The van der Waals surface area contributed by atoms with Crippen molar-refractivity contribution in [2.75, 3.05) is 18.5 Å². The van der Waals surface area contributed by atoms with Crippen LogP contribution in [0.3, 0.4) is 0 Å². The molecule has 0 saturated carbocycles. The van der Waals surface area contributed by atoms with Gasteiger partial charge in [0.15, 0.2) is 0 Å². The zero-order chi connectivity index (χ0) is 11.1. The van der Waals surface area contributed by atoms with E-state index >= 15 is 0 Å². The molecule has 0 aliphatic rings. The molecule has 15 heavy (non-hydrogen) atoms. The highest BCUT2D eigenvalue weighted by atomic mass is 19.1. The molecular weight excluding hydrogens is 199 g/mol. The first-order valence-corrected chi connectivity index (χ1v) is 4.62. The van der Waals surface area contributed by atoms with Crippen molar-refractivity contribution in [2.45, 2.75) is 6.42 Å². The predicted molar refractivity (Wildman–Crippen MR) is 55.0 cm³/mol. The van der Waals surface area contributed by atoms with E-state index in [0.29, 0.717) is 18.7 Å². The lowest BCUT2D eigenvalue weighted by atomic mass is 10.3. The Morgan fingerprint density at radius 3 is 3.00 bits per heavy atom. The number of carbonyl (C=O) groups excluding carboxylic acids is 1. The molecule has 0 aromatic heterocycles. The van der Waals surface area contributed by atoms with E-state index in [1.54, 1.807) is 6.07 Å². The van der Waals surface area contributed by atoms with Crippen LogP contribution in [0.25, 0.3) is 0 Å². The van der Waals surface area contributed by atoms with E-state index in [1.165, 1.54) is 18.2 Å². The topological polar surface area (TPSA) is 64.3 Å². The van der Waals surface area contributed by atoms with E-state index in [4.69, 9.17) is 10.5 Å². The summed E-state index contributed by atoms with van der Waals surface area (Å²) in [7, 11) is 0. The molecule has 0 heterocycles. The average Bonchev–Trinajstić information content (AvgIpc) is 2.18. The summed E-state index contributed by atoms with van der Waals surface area (Å²) >= 11 is 0. The average molecular weight is 212 g/mol. The second kappa shape index (κ2) is 5.98. The number of hydrogen-bond acceptors (Lipinski definition) is 3. The summed E-state index contributed by atoms with van der Waals surface area (Å²) in [6.45, 7) is 0.727. The van der Waals surface area contributed by atoms with Gasteiger partial charge in [0.05, 0.1) is 6.61 Å². The van der Waals surface area contributed by atoms with Crippen LogP contribution < -0.4 is 11.1 Å². The van der Waals surface area contributed by atoms with Crippen LogP contribution in [0.15, 0.2) is 24.3 Å². The van der Waals surface area contributed by atoms with Gasteiger partial charge in [0.2, 0.25) is 0 Å². The largest absolute Gasteiger partial charge is 0.449 e. The SMILES string of the molecule is NCCCOC(=O)Nc1cccc(F)c1. The molecular formula is C10H13FN2O2. The summed E-state index contributed by atoms with van der Waals surface area (Å²) in [5.74, 6) is -0.408. The summed E-state index contributed by atoms with van der Waals surface area (Å²) in [5.41, 5.74) is 5.59. The first kappa shape index (κ1) is 11.5. The number of amides is 1. The van der Waals surface area contributed by atoms with Crippen molar-refractivity contribution in [3.8, 4) is 0 Å². The fraction of sp³-hybridized carbons (Fsp3) is 0.300. The zero-order valence-electron chi connectivity index (χ0n) is 8.20. The van der Waals surface area contributed by atoms with Gasteiger partial charge in [-0.15, -0.1) is 0 Å². The maximum atomic E-state index is 12.7. The van der Waals surface area contributed by atoms with Crippen LogP contribution in [-0.4, -0.2) is 19.2 Å². The third-order valence-electron chi connectivity index (χ3n) is 1.65. The fourth-order valence-electron chi connectivity index (χ4n) is 0.968. The number of anilines is 1. The molecule has 1 amide bonds. The van der Waals surface area contributed by atoms with Gasteiger partial charge in [-0.3, -0.25) is 5.32 Å². The van der Waals surface area contributed by atoms with Crippen LogP contribution in [0.2, 0.25) is 0 Å². The van der Waals surface area contributed by atoms with Crippen molar-refractivity contribution in [1.82, 2.24) is 0 Å². The number of ether oxygens (including phenoxy) is 1. The molecule has 0 aliphatic carbocycles. The Kier molecular flexibility index (Phi) is 4.56. The lowest BCUT2D eigenvalue weighted by Gasteiger charge is -2.05. The number of benzene rings is 1. The summed E-state index contributed by atoms with van der Waals surface area (Å²) in [5, 5.41) is 2.40. The number of nitrogens with one attached hydrogen (secondary N) is 1. The normalized spacial score (nSPS) is 9.73. The molecule has 0 atom stereocenters. The van der Waals surface area contributed by atoms with E-state index in [-0.39, 0.29) is 6.61 Å². The van der Waals surface area contributed by atoms with Crippen LogP contribution in [-0.2, 0) is 4.74 Å². The van der Waals surface area contributed by atoms with E-state index in [9.17, 15) is 9.18 Å². The van der Waals surface area contributed by atoms with Crippen molar-refractivity contribution >= 4 is 11.8 Å². The van der Waals surface area contributed by atoms with E-state index in [2.05, 4.69) is 5.32 Å². The van der Waals surface area contributed by atoms with Gasteiger partial charge in [-0.05, 0) is 31.2 Å². The van der Waals surface area contributed by atoms with Gasteiger partial charge in [-0.2, -0.15) is 0 Å². The quantitative estimate of drug-likeness (QED) is 0.747. The molecule has 0 aliphatic heterocycles. The molecule has 3 N–H and O–H groups in total. The monoisotopic (exact) mass is 212 g/mol. The third kappa shape index (κ3) is 4.42. The van der Waals surface area contributed by atoms with Gasteiger partial charge in [-0.1, -0.05) is 6.07 Å². The van der Waals surface area contributed by atoms with Gasteiger partial charge >= 0.3 is 6.09 Å². The molecule has 1 aromatic carbocycles. The first-order valence-electron chi connectivity index (χ1n) is 4.62. The van der Waals surface area contributed by atoms with Crippen molar-refractivity contribution < 1.29 is 13.9 Å². The van der Waals surface area contributed by atoms with Crippen molar-refractivity contribution in [1.29, 1.82) is 0 Å². The summed E-state index contributed by atoms with van der Waals surface area (Å²) in [6.07, 6.45) is 0.00498. The highest BCUT2D eigenvalue weighted by Gasteiger charge is 2.02. The molecule has 1 aromatic rings. The Morgan fingerprint density at radius 1 is 1.53 bits per heavy atom. The lowest BCUT2D eigenvalue weighted by molar-refractivity contribution is 0.161. The van der Waals surface area contributed by atoms with Crippen molar-refractivity contribution in [3.63, 3.8) is 0 Å². The van der Waals surface area contributed by atoms with Crippen molar-refractivity contribution in [3.05, 3.63) is 30.1 Å². The number of halogens is 1. The highest BCUT2D eigenvalue weighted by molar-refractivity contribution is 5.84. The molecule has 5 heteroatoms. The van der Waals surface area contributed by atoms with E-state index in [1.807, 2.05) is 0 Å². The fourth-order valence-corrected chi connectivity index (χ4v) is 0.968. The summed E-state index contributed by atoms with van der Waals surface area (Å²) in [6, 6.07) is 5.59. The van der Waals surface area contributed by atoms with Crippen LogP contribution in [0.1, 0.15) is 6.42 Å². The van der Waals surface area contributed by atoms with Gasteiger partial charge in [0, 0.05) is 5.69 Å². The van der Waals surface area contributed by atoms with Gasteiger partial charge in [0.25, 0.3) is 0 Å². The second-order valence-electron chi connectivity index (χ2n) is 2.91. The molecule has 0 spiro atoms. The van der Waals surface area contributed by atoms with Crippen LogP contribution in [0.5, 0.6) is 0 Å². The Morgan fingerprint density at radius 2 is 2.33 bits per heavy atom. The predicted octanol–water partition coefficient (Wildman–Crippen LogP) is 1.72. The second-order valence-corrected chi connectivity index (χ2v) is 2.91. The third-order valence-corrected chi connectivity index (χ3v) is 1.65. The number of rotatable bonds is 4. The Bertz CT molecular complexity index is 331. The van der Waals surface area contributed by atoms with E-state index in [0.717, 1.165) is 0 Å². The zero-order valence-corrected chi connectivity index (χ0v) is 8.20.